The Morgan fingerprint density at radius 2 is 1.90 bits per heavy atom. The third-order valence-corrected chi connectivity index (χ3v) is 5.93. The molecule has 0 heterocycles. The summed E-state index contributed by atoms with van der Waals surface area (Å²) >= 11 is 12.3. The van der Waals surface area contributed by atoms with Gasteiger partial charge in [0.1, 0.15) is 4.90 Å². The fraction of sp³-hybridized carbons (Fsp3) is 0.571. The Kier molecular flexibility index (Phi) is 6.94. The predicted octanol–water partition coefficient (Wildman–Crippen LogP) is 3.52. The molecule has 1 rings (SSSR count). The van der Waals surface area contributed by atoms with E-state index in [0.29, 0.717) is 23.7 Å². The van der Waals surface area contributed by atoms with Crippen LogP contribution in [0.15, 0.2) is 17.0 Å². The maximum atomic E-state index is 12.9. The standard InChI is InChI=1S/C14H22Cl2N2O2S/c1-5-6-18(10(2)3)21(19,20)13-8-12(15)7-11(9-17-4)14(13)16/h7-8,10,17H,5-6,9H2,1-4H3. The van der Waals surface area contributed by atoms with Crippen LogP contribution in [-0.2, 0) is 16.6 Å². The smallest absolute Gasteiger partial charge is 0.244 e. The van der Waals surface area contributed by atoms with E-state index in [1.807, 2.05) is 20.8 Å². The lowest BCUT2D eigenvalue weighted by Crippen LogP contribution is -2.37. The van der Waals surface area contributed by atoms with E-state index in [-0.39, 0.29) is 16.0 Å². The molecule has 1 aromatic rings. The van der Waals surface area contributed by atoms with Crippen LogP contribution in [0.25, 0.3) is 0 Å². The van der Waals surface area contributed by atoms with Gasteiger partial charge in [-0.1, -0.05) is 30.1 Å². The summed E-state index contributed by atoms with van der Waals surface area (Å²) in [6.07, 6.45) is 0.735. The minimum absolute atomic E-state index is 0.0732. The quantitative estimate of drug-likeness (QED) is 0.816. The van der Waals surface area contributed by atoms with Crippen molar-refractivity contribution in [2.45, 2.75) is 44.7 Å². The molecule has 120 valence electrons. The van der Waals surface area contributed by atoms with Gasteiger partial charge in [-0.2, -0.15) is 4.31 Å². The Balaban J connectivity index is 3.43. The lowest BCUT2D eigenvalue weighted by Gasteiger charge is -2.26. The number of nitrogens with one attached hydrogen (secondary N) is 1. The van der Waals surface area contributed by atoms with Crippen LogP contribution in [0.3, 0.4) is 0 Å². The highest BCUT2D eigenvalue weighted by molar-refractivity contribution is 7.89. The molecule has 0 fully saturated rings. The molecule has 0 aliphatic heterocycles. The third-order valence-electron chi connectivity index (χ3n) is 3.05. The summed E-state index contributed by atoms with van der Waals surface area (Å²) in [6, 6.07) is 2.96. The molecule has 0 atom stereocenters. The van der Waals surface area contributed by atoms with Gasteiger partial charge in [-0.3, -0.25) is 0 Å². The summed E-state index contributed by atoms with van der Waals surface area (Å²) in [4.78, 5) is 0.0732. The fourth-order valence-electron chi connectivity index (χ4n) is 2.13. The zero-order valence-electron chi connectivity index (χ0n) is 12.8. The highest BCUT2D eigenvalue weighted by atomic mass is 35.5. The molecular weight excluding hydrogens is 331 g/mol. The molecular formula is C14H22Cl2N2O2S. The van der Waals surface area contributed by atoms with Crippen LogP contribution in [0.5, 0.6) is 0 Å². The van der Waals surface area contributed by atoms with E-state index >= 15 is 0 Å². The van der Waals surface area contributed by atoms with Crippen molar-refractivity contribution >= 4 is 33.2 Å². The fourth-order valence-corrected chi connectivity index (χ4v) is 4.77. The molecule has 0 aliphatic rings. The molecule has 0 aliphatic carbocycles. The van der Waals surface area contributed by atoms with Crippen molar-refractivity contribution in [1.82, 2.24) is 9.62 Å². The normalized spacial score (nSPS) is 12.4. The molecule has 4 nitrogen and oxygen atoms in total. The summed E-state index contributed by atoms with van der Waals surface area (Å²) in [5.41, 5.74) is 0.672. The average molecular weight is 353 g/mol. The molecule has 0 unspecified atom stereocenters. The third kappa shape index (κ3) is 4.33. The van der Waals surface area contributed by atoms with Crippen molar-refractivity contribution in [3.8, 4) is 0 Å². The molecule has 0 bridgehead atoms. The van der Waals surface area contributed by atoms with Crippen LogP contribution in [0.4, 0.5) is 0 Å². The lowest BCUT2D eigenvalue weighted by molar-refractivity contribution is 0.354. The number of benzene rings is 1. The van der Waals surface area contributed by atoms with Crippen molar-refractivity contribution in [1.29, 1.82) is 0 Å². The second-order valence-corrected chi connectivity index (χ2v) is 7.79. The van der Waals surface area contributed by atoms with E-state index < -0.39 is 10.0 Å². The van der Waals surface area contributed by atoms with Gasteiger partial charge < -0.3 is 5.32 Å². The van der Waals surface area contributed by atoms with E-state index in [2.05, 4.69) is 5.32 Å². The minimum atomic E-state index is -3.67. The number of rotatable bonds is 7. The van der Waals surface area contributed by atoms with Crippen LogP contribution < -0.4 is 5.32 Å². The topological polar surface area (TPSA) is 49.4 Å². The lowest BCUT2D eigenvalue weighted by atomic mass is 10.2. The van der Waals surface area contributed by atoms with Crippen LogP contribution in [0.1, 0.15) is 32.8 Å². The van der Waals surface area contributed by atoms with Gasteiger partial charge in [0.15, 0.2) is 0 Å². The van der Waals surface area contributed by atoms with Gasteiger partial charge in [0.2, 0.25) is 10.0 Å². The Hall–Kier alpha value is -0.330. The van der Waals surface area contributed by atoms with Gasteiger partial charge in [-0.15, -0.1) is 0 Å². The van der Waals surface area contributed by atoms with Crippen LogP contribution in [0.2, 0.25) is 10.0 Å². The molecule has 0 aromatic heterocycles. The van der Waals surface area contributed by atoms with Crippen LogP contribution in [-0.4, -0.2) is 32.4 Å². The zero-order chi connectivity index (χ0) is 16.2. The monoisotopic (exact) mass is 352 g/mol. The van der Waals surface area contributed by atoms with Crippen LogP contribution in [0, 0.1) is 0 Å². The summed E-state index contributed by atoms with van der Waals surface area (Å²) < 4.78 is 27.2. The molecule has 0 amide bonds. The van der Waals surface area contributed by atoms with E-state index in [1.54, 1.807) is 13.1 Å². The SMILES string of the molecule is CCCN(C(C)C)S(=O)(=O)c1cc(Cl)cc(CNC)c1Cl. The Morgan fingerprint density at radius 1 is 1.29 bits per heavy atom. The second kappa shape index (κ2) is 7.79. The largest absolute Gasteiger partial charge is 0.316 e. The summed E-state index contributed by atoms with van der Waals surface area (Å²) in [5.74, 6) is 0. The molecule has 1 N–H and O–H groups in total. The molecule has 7 heteroatoms. The summed E-state index contributed by atoms with van der Waals surface area (Å²) in [6.45, 7) is 6.54. The van der Waals surface area contributed by atoms with E-state index in [9.17, 15) is 8.42 Å². The van der Waals surface area contributed by atoms with E-state index in [1.165, 1.54) is 10.4 Å². The van der Waals surface area contributed by atoms with Crippen molar-refractivity contribution in [2.75, 3.05) is 13.6 Å². The number of hydrogen-bond donors (Lipinski definition) is 1. The predicted molar refractivity (Wildman–Crippen MR) is 88.5 cm³/mol. The second-order valence-electron chi connectivity index (χ2n) is 5.12. The van der Waals surface area contributed by atoms with Crippen molar-refractivity contribution in [3.05, 3.63) is 27.7 Å². The van der Waals surface area contributed by atoms with E-state index in [0.717, 1.165) is 6.42 Å². The molecule has 0 radical (unpaired) electrons. The van der Waals surface area contributed by atoms with Gasteiger partial charge in [0.05, 0.1) is 5.02 Å². The van der Waals surface area contributed by atoms with Crippen molar-refractivity contribution in [2.24, 2.45) is 0 Å². The van der Waals surface area contributed by atoms with Crippen molar-refractivity contribution in [3.63, 3.8) is 0 Å². The molecule has 1 aromatic carbocycles. The van der Waals surface area contributed by atoms with Gasteiger partial charge in [-0.05, 0) is 45.0 Å². The minimum Gasteiger partial charge on any atom is -0.316 e. The Bertz CT molecular complexity index is 589. The number of hydrogen-bond acceptors (Lipinski definition) is 3. The Labute approximate surface area is 137 Å². The van der Waals surface area contributed by atoms with Crippen LogP contribution >= 0.6 is 23.2 Å². The van der Waals surface area contributed by atoms with Gasteiger partial charge in [0.25, 0.3) is 0 Å². The number of halogens is 2. The first kappa shape index (κ1) is 18.7. The first-order valence-electron chi connectivity index (χ1n) is 6.90. The van der Waals surface area contributed by atoms with Gasteiger partial charge in [-0.25, -0.2) is 8.42 Å². The van der Waals surface area contributed by atoms with Gasteiger partial charge in [0, 0.05) is 24.2 Å². The average Bonchev–Trinajstić information content (AvgIpc) is 2.39. The maximum Gasteiger partial charge on any atom is 0.244 e. The summed E-state index contributed by atoms with van der Waals surface area (Å²) in [7, 11) is -1.90. The number of nitrogens with zero attached hydrogens (tertiary/aromatic N) is 1. The first-order valence-corrected chi connectivity index (χ1v) is 9.09. The maximum absolute atomic E-state index is 12.9. The van der Waals surface area contributed by atoms with E-state index in [4.69, 9.17) is 23.2 Å². The Morgan fingerprint density at radius 3 is 2.38 bits per heavy atom. The van der Waals surface area contributed by atoms with Gasteiger partial charge >= 0.3 is 0 Å². The highest BCUT2D eigenvalue weighted by Gasteiger charge is 2.29. The molecule has 21 heavy (non-hydrogen) atoms. The molecule has 0 saturated heterocycles. The van der Waals surface area contributed by atoms with Crippen molar-refractivity contribution < 1.29 is 8.42 Å². The molecule has 0 saturated carbocycles. The summed E-state index contributed by atoms with van der Waals surface area (Å²) in [5, 5.41) is 3.55. The zero-order valence-corrected chi connectivity index (χ0v) is 15.1. The highest BCUT2D eigenvalue weighted by Crippen LogP contribution is 2.32. The molecule has 0 spiro atoms. The first-order chi connectivity index (χ1) is 9.75. The number of sulfonamides is 1.